The van der Waals surface area contributed by atoms with Crippen molar-refractivity contribution in [3.63, 3.8) is 0 Å². The minimum absolute atomic E-state index is 0.0668. The molecule has 1 aromatic heterocycles. The molecule has 0 bridgehead atoms. The first kappa shape index (κ1) is 19.6. The first-order chi connectivity index (χ1) is 14.5. The summed E-state index contributed by atoms with van der Waals surface area (Å²) in [5, 5.41) is 0. The van der Waals surface area contributed by atoms with Gasteiger partial charge >= 0.3 is 0 Å². The summed E-state index contributed by atoms with van der Waals surface area (Å²) in [4.78, 5) is 8.79. The van der Waals surface area contributed by atoms with E-state index in [0.717, 1.165) is 11.1 Å². The molecule has 1 N–H and O–H groups in total. The number of nitrogens with one attached hydrogen (secondary N) is 1. The average molecular weight is 417 g/mol. The second kappa shape index (κ2) is 8.34. The number of sulfonamides is 1. The van der Waals surface area contributed by atoms with Crippen LogP contribution in [0.2, 0.25) is 0 Å². The van der Waals surface area contributed by atoms with Crippen LogP contribution in [0.5, 0.6) is 11.6 Å². The number of anilines is 1. The van der Waals surface area contributed by atoms with Gasteiger partial charge in [0, 0.05) is 11.6 Å². The molecule has 6 nitrogen and oxygen atoms in total. The van der Waals surface area contributed by atoms with Crippen molar-refractivity contribution in [2.75, 3.05) is 4.72 Å². The number of hydrogen-bond donors (Lipinski definition) is 1. The van der Waals surface area contributed by atoms with Gasteiger partial charge in [-0.3, -0.25) is 0 Å². The maximum absolute atomic E-state index is 12.7. The Labute approximate surface area is 175 Å². The fourth-order valence-corrected chi connectivity index (χ4v) is 3.75. The quantitative estimate of drug-likeness (QED) is 0.475. The number of benzene rings is 3. The Morgan fingerprint density at radius 3 is 2.10 bits per heavy atom. The van der Waals surface area contributed by atoms with Gasteiger partial charge in [0.2, 0.25) is 11.8 Å². The smallest absolute Gasteiger partial charge is 0.264 e. The number of para-hydroxylation sites is 1. The highest BCUT2D eigenvalue weighted by Gasteiger charge is 2.17. The fraction of sp³-hybridized carbons (Fsp3) is 0.0435. The molecule has 0 unspecified atom stereocenters. The summed E-state index contributed by atoms with van der Waals surface area (Å²) in [6.07, 6.45) is 0. The lowest BCUT2D eigenvalue weighted by molar-refractivity contribution is 0.463. The van der Waals surface area contributed by atoms with Crippen LogP contribution >= 0.6 is 0 Å². The van der Waals surface area contributed by atoms with Gasteiger partial charge in [0.1, 0.15) is 5.75 Å². The molecule has 0 aliphatic carbocycles. The number of aryl methyl sites for hydroxylation is 1. The van der Waals surface area contributed by atoms with Gasteiger partial charge in [-0.25, -0.2) is 18.1 Å². The van der Waals surface area contributed by atoms with Crippen LogP contribution in [-0.2, 0) is 10.0 Å². The molecular formula is C23H19N3O3S. The van der Waals surface area contributed by atoms with E-state index in [1.165, 1.54) is 12.1 Å². The molecule has 0 aliphatic heterocycles. The number of nitrogens with zero attached hydrogens (tertiary/aromatic N) is 2. The van der Waals surface area contributed by atoms with Crippen LogP contribution in [-0.4, -0.2) is 18.4 Å². The number of aromatic nitrogens is 2. The van der Waals surface area contributed by atoms with E-state index < -0.39 is 10.0 Å². The van der Waals surface area contributed by atoms with Crippen molar-refractivity contribution in [2.45, 2.75) is 11.8 Å². The lowest BCUT2D eigenvalue weighted by atomic mass is 10.1. The van der Waals surface area contributed by atoms with Crippen molar-refractivity contribution < 1.29 is 13.2 Å². The highest BCUT2D eigenvalue weighted by atomic mass is 32.2. The first-order valence-electron chi connectivity index (χ1n) is 9.26. The summed E-state index contributed by atoms with van der Waals surface area (Å²) >= 11 is 0. The van der Waals surface area contributed by atoms with Crippen LogP contribution < -0.4 is 9.46 Å². The molecule has 0 radical (unpaired) electrons. The molecule has 7 heteroatoms. The van der Waals surface area contributed by atoms with Crippen LogP contribution in [0.4, 0.5) is 5.95 Å². The molecule has 0 saturated heterocycles. The zero-order chi connectivity index (χ0) is 21.0. The SMILES string of the molecule is Cc1ccc(-c2cc(Oc3ccccc3)nc(NS(=O)(=O)c3ccccc3)n2)cc1. The summed E-state index contributed by atoms with van der Waals surface area (Å²) in [5.41, 5.74) is 2.47. The lowest BCUT2D eigenvalue weighted by Gasteiger charge is -2.11. The van der Waals surface area contributed by atoms with Gasteiger partial charge in [-0.1, -0.05) is 66.2 Å². The summed E-state index contributed by atoms with van der Waals surface area (Å²) in [5.74, 6) is 0.753. The minimum atomic E-state index is -3.84. The van der Waals surface area contributed by atoms with E-state index in [4.69, 9.17) is 4.74 Å². The zero-order valence-corrected chi connectivity index (χ0v) is 17.0. The van der Waals surface area contributed by atoms with Crippen LogP contribution in [0, 0.1) is 6.92 Å². The van der Waals surface area contributed by atoms with Crippen molar-refractivity contribution in [1.82, 2.24) is 9.97 Å². The van der Waals surface area contributed by atoms with E-state index in [9.17, 15) is 8.42 Å². The maximum Gasteiger partial charge on any atom is 0.264 e. The molecule has 0 aliphatic rings. The highest BCUT2D eigenvalue weighted by Crippen LogP contribution is 2.27. The van der Waals surface area contributed by atoms with Gasteiger partial charge in [-0.05, 0) is 31.2 Å². The zero-order valence-electron chi connectivity index (χ0n) is 16.2. The molecule has 30 heavy (non-hydrogen) atoms. The van der Waals surface area contributed by atoms with E-state index >= 15 is 0 Å². The molecule has 0 spiro atoms. The second-order valence-corrected chi connectivity index (χ2v) is 8.30. The molecule has 150 valence electrons. The summed E-state index contributed by atoms with van der Waals surface area (Å²) in [7, 11) is -3.84. The maximum atomic E-state index is 12.7. The van der Waals surface area contributed by atoms with E-state index in [0.29, 0.717) is 11.4 Å². The molecule has 0 amide bonds. The third-order valence-corrected chi connectivity index (χ3v) is 5.64. The summed E-state index contributed by atoms with van der Waals surface area (Å²) in [6, 6.07) is 26.7. The number of ether oxygens (including phenoxy) is 1. The van der Waals surface area contributed by atoms with Crippen LogP contribution in [0.1, 0.15) is 5.56 Å². The molecule has 1 heterocycles. The second-order valence-electron chi connectivity index (χ2n) is 6.61. The van der Waals surface area contributed by atoms with Crippen molar-refractivity contribution >= 4 is 16.0 Å². The van der Waals surface area contributed by atoms with Gasteiger partial charge in [-0.2, -0.15) is 4.98 Å². The van der Waals surface area contributed by atoms with Gasteiger partial charge in [0.05, 0.1) is 10.6 Å². The highest BCUT2D eigenvalue weighted by molar-refractivity contribution is 7.92. The Morgan fingerprint density at radius 2 is 1.43 bits per heavy atom. The van der Waals surface area contributed by atoms with E-state index in [-0.39, 0.29) is 16.7 Å². The third kappa shape index (κ3) is 4.64. The fourth-order valence-electron chi connectivity index (χ4n) is 2.78. The number of hydrogen-bond acceptors (Lipinski definition) is 5. The monoisotopic (exact) mass is 417 g/mol. The Morgan fingerprint density at radius 1 is 0.800 bits per heavy atom. The minimum Gasteiger partial charge on any atom is -0.439 e. The third-order valence-electron chi connectivity index (χ3n) is 4.29. The standard InChI is InChI=1S/C23H19N3O3S/c1-17-12-14-18(15-13-17)21-16-22(29-19-8-4-2-5-9-19)25-23(24-21)26-30(27,28)20-10-6-3-7-11-20/h2-16H,1H3,(H,24,25,26). The van der Waals surface area contributed by atoms with Crippen molar-refractivity contribution in [1.29, 1.82) is 0 Å². The molecule has 3 aromatic carbocycles. The van der Waals surface area contributed by atoms with Crippen molar-refractivity contribution in [2.24, 2.45) is 0 Å². The first-order valence-corrected chi connectivity index (χ1v) is 10.7. The predicted molar refractivity (Wildman–Crippen MR) is 116 cm³/mol. The van der Waals surface area contributed by atoms with Crippen LogP contribution in [0.3, 0.4) is 0 Å². The average Bonchev–Trinajstić information content (AvgIpc) is 2.75. The normalized spacial score (nSPS) is 11.1. The van der Waals surface area contributed by atoms with Gasteiger partial charge < -0.3 is 4.74 Å². The molecule has 4 rings (SSSR count). The Balaban J connectivity index is 1.74. The Bertz CT molecular complexity index is 1240. The Kier molecular flexibility index (Phi) is 5.45. The lowest BCUT2D eigenvalue weighted by Crippen LogP contribution is -2.15. The predicted octanol–water partition coefficient (Wildman–Crippen LogP) is 5.05. The van der Waals surface area contributed by atoms with Gasteiger partial charge in [-0.15, -0.1) is 0 Å². The van der Waals surface area contributed by atoms with Gasteiger partial charge in [0.25, 0.3) is 10.0 Å². The topological polar surface area (TPSA) is 81.2 Å². The van der Waals surface area contributed by atoms with E-state index in [1.54, 1.807) is 36.4 Å². The van der Waals surface area contributed by atoms with Crippen LogP contribution in [0.15, 0.2) is 95.9 Å². The van der Waals surface area contributed by atoms with Crippen LogP contribution in [0.25, 0.3) is 11.3 Å². The molecule has 4 aromatic rings. The molecule has 0 fully saturated rings. The Hall–Kier alpha value is -3.71. The number of rotatable bonds is 6. The van der Waals surface area contributed by atoms with E-state index in [2.05, 4.69) is 14.7 Å². The van der Waals surface area contributed by atoms with Crippen molar-refractivity contribution in [3.05, 3.63) is 96.6 Å². The van der Waals surface area contributed by atoms with Crippen molar-refractivity contribution in [3.8, 4) is 22.9 Å². The summed E-state index contributed by atoms with van der Waals surface area (Å²) < 4.78 is 33.8. The molecule has 0 saturated carbocycles. The molecule has 0 atom stereocenters. The largest absolute Gasteiger partial charge is 0.439 e. The van der Waals surface area contributed by atoms with Gasteiger partial charge in [0.15, 0.2) is 0 Å². The summed E-state index contributed by atoms with van der Waals surface area (Å²) in [6.45, 7) is 1.99. The van der Waals surface area contributed by atoms with E-state index in [1.807, 2.05) is 49.4 Å². The molecular weight excluding hydrogens is 398 g/mol.